The molecule has 0 aliphatic heterocycles. The molecule has 0 radical (unpaired) electrons. The van der Waals surface area contributed by atoms with Gasteiger partial charge in [0.2, 0.25) is 0 Å². The van der Waals surface area contributed by atoms with E-state index in [4.69, 9.17) is 4.74 Å². The minimum absolute atomic E-state index is 0.221. The lowest BCUT2D eigenvalue weighted by molar-refractivity contribution is 0.0945. The van der Waals surface area contributed by atoms with Gasteiger partial charge >= 0.3 is 0 Å². The number of nitrogens with zero attached hydrogens (tertiary/aromatic N) is 2. The van der Waals surface area contributed by atoms with E-state index in [-0.39, 0.29) is 5.91 Å². The van der Waals surface area contributed by atoms with Gasteiger partial charge in [-0.15, -0.1) is 0 Å². The fraction of sp³-hybridized carbons (Fsp3) is 0.421. The molecule has 0 atom stereocenters. The minimum Gasteiger partial charge on any atom is -0.490 e. The number of ether oxygens (including phenoxy) is 1. The van der Waals surface area contributed by atoms with Gasteiger partial charge < -0.3 is 10.1 Å². The van der Waals surface area contributed by atoms with Crippen molar-refractivity contribution in [3.8, 4) is 5.75 Å². The van der Waals surface area contributed by atoms with Gasteiger partial charge in [-0.2, -0.15) is 0 Å². The standard InChI is InChI=1S/C19H23N3O2/c1-14-11-21-18(13-20-14)19(23)22-12-15-6-5-9-17(10-15)24-16-7-3-2-4-8-16/h5-6,9-11,13,16H,2-4,7-8,12H2,1H3,(H,22,23). The molecule has 24 heavy (non-hydrogen) atoms. The van der Waals surface area contributed by atoms with Crippen LogP contribution in [0.1, 0.15) is 53.8 Å². The molecule has 0 spiro atoms. The number of amides is 1. The minimum atomic E-state index is -0.221. The molecular weight excluding hydrogens is 302 g/mol. The van der Waals surface area contributed by atoms with Gasteiger partial charge in [0.1, 0.15) is 11.4 Å². The summed E-state index contributed by atoms with van der Waals surface area (Å²) in [5.41, 5.74) is 2.13. The summed E-state index contributed by atoms with van der Waals surface area (Å²) in [6.45, 7) is 2.28. The van der Waals surface area contributed by atoms with Crippen LogP contribution in [-0.2, 0) is 6.54 Å². The van der Waals surface area contributed by atoms with Crippen molar-refractivity contribution >= 4 is 5.91 Å². The van der Waals surface area contributed by atoms with Crippen molar-refractivity contribution in [1.29, 1.82) is 0 Å². The van der Waals surface area contributed by atoms with E-state index < -0.39 is 0 Å². The summed E-state index contributed by atoms with van der Waals surface area (Å²) in [5.74, 6) is 0.657. The summed E-state index contributed by atoms with van der Waals surface area (Å²) in [7, 11) is 0. The highest BCUT2D eigenvalue weighted by atomic mass is 16.5. The number of carbonyl (C=O) groups excluding carboxylic acids is 1. The smallest absolute Gasteiger partial charge is 0.271 e. The Kier molecular flexibility index (Phi) is 5.41. The molecule has 1 amide bonds. The molecule has 1 fully saturated rings. The number of nitrogens with one attached hydrogen (secondary N) is 1. The van der Waals surface area contributed by atoms with E-state index in [0.717, 1.165) is 29.8 Å². The Bertz CT molecular complexity index is 679. The second-order valence-electron chi connectivity index (χ2n) is 6.25. The number of hydrogen-bond acceptors (Lipinski definition) is 4. The molecule has 5 nitrogen and oxygen atoms in total. The predicted octanol–water partition coefficient (Wildman–Crippen LogP) is 3.43. The van der Waals surface area contributed by atoms with E-state index in [2.05, 4.69) is 15.3 Å². The number of benzene rings is 1. The lowest BCUT2D eigenvalue weighted by Gasteiger charge is -2.23. The molecule has 1 aromatic carbocycles. The molecule has 3 rings (SSSR count). The normalized spacial score (nSPS) is 15.0. The summed E-state index contributed by atoms with van der Waals surface area (Å²) in [6, 6.07) is 7.92. The van der Waals surface area contributed by atoms with E-state index in [1.165, 1.54) is 25.5 Å². The lowest BCUT2D eigenvalue weighted by atomic mass is 9.98. The van der Waals surface area contributed by atoms with Crippen molar-refractivity contribution in [1.82, 2.24) is 15.3 Å². The molecule has 1 aliphatic carbocycles. The van der Waals surface area contributed by atoms with Crippen molar-refractivity contribution in [3.05, 3.63) is 53.6 Å². The van der Waals surface area contributed by atoms with Crippen LogP contribution in [0.15, 0.2) is 36.7 Å². The van der Waals surface area contributed by atoms with Crippen LogP contribution >= 0.6 is 0 Å². The monoisotopic (exact) mass is 325 g/mol. The van der Waals surface area contributed by atoms with Crippen molar-refractivity contribution in [2.45, 2.75) is 51.7 Å². The zero-order valence-electron chi connectivity index (χ0n) is 14.0. The Labute approximate surface area is 142 Å². The Morgan fingerprint density at radius 3 is 2.79 bits per heavy atom. The molecular formula is C19H23N3O2. The maximum Gasteiger partial charge on any atom is 0.271 e. The number of aromatic nitrogens is 2. The van der Waals surface area contributed by atoms with Gasteiger partial charge in [-0.1, -0.05) is 18.6 Å². The molecule has 2 aromatic rings. The van der Waals surface area contributed by atoms with Crippen molar-refractivity contribution in [2.24, 2.45) is 0 Å². The first-order chi connectivity index (χ1) is 11.7. The SMILES string of the molecule is Cc1cnc(C(=O)NCc2cccc(OC3CCCCC3)c2)cn1. The van der Waals surface area contributed by atoms with Crippen LogP contribution in [0.5, 0.6) is 5.75 Å². The second kappa shape index (κ2) is 7.90. The fourth-order valence-electron chi connectivity index (χ4n) is 2.89. The second-order valence-corrected chi connectivity index (χ2v) is 6.25. The molecule has 126 valence electrons. The highest BCUT2D eigenvalue weighted by Gasteiger charge is 2.15. The van der Waals surface area contributed by atoms with Crippen LogP contribution < -0.4 is 10.1 Å². The highest BCUT2D eigenvalue weighted by Crippen LogP contribution is 2.23. The molecule has 5 heteroatoms. The zero-order valence-corrected chi connectivity index (χ0v) is 14.0. The van der Waals surface area contributed by atoms with Crippen molar-refractivity contribution in [2.75, 3.05) is 0 Å². The van der Waals surface area contributed by atoms with Gasteiger partial charge in [0.25, 0.3) is 5.91 Å². The van der Waals surface area contributed by atoms with E-state index >= 15 is 0 Å². The summed E-state index contributed by atoms with van der Waals surface area (Å²) < 4.78 is 6.07. The third-order valence-electron chi connectivity index (χ3n) is 4.22. The summed E-state index contributed by atoms with van der Waals surface area (Å²) in [6.07, 6.45) is 9.48. The van der Waals surface area contributed by atoms with Gasteiger partial charge in [-0.05, 0) is 50.3 Å². The Morgan fingerprint density at radius 2 is 2.04 bits per heavy atom. The highest BCUT2D eigenvalue weighted by molar-refractivity contribution is 5.91. The van der Waals surface area contributed by atoms with Gasteiger partial charge in [-0.25, -0.2) is 4.98 Å². The molecule has 0 unspecified atom stereocenters. The summed E-state index contributed by atoms with van der Waals surface area (Å²) in [5, 5.41) is 2.87. The zero-order chi connectivity index (χ0) is 16.8. The maximum atomic E-state index is 12.1. The van der Waals surface area contributed by atoms with Crippen LogP contribution in [0, 0.1) is 6.92 Å². The Morgan fingerprint density at radius 1 is 1.21 bits per heavy atom. The van der Waals surface area contributed by atoms with Crippen LogP contribution in [0.25, 0.3) is 0 Å². The average molecular weight is 325 g/mol. The number of carbonyl (C=O) groups is 1. The molecule has 0 bridgehead atoms. The quantitative estimate of drug-likeness (QED) is 0.915. The van der Waals surface area contributed by atoms with Crippen molar-refractivity contribution < 1.29 is 9.53 Å². The number of aryl methyl sites for hydroxylation is 1. The molecule has 1 N–H and O–H groups in total. The molecule has 1 aliphatic rings. The first-order valence-corrected chi connectivity index (χ1v) is 8.53. The molecule has 0 saturated heterocycles. The Hall–Kier alpha value is -2.43. The first kappa shape index (κ1) is 16.4. The van der Waals surface area contributed by atoms with Crippen LogP contribution in [0.3, 0.4) is 0 Å². The van der Waals surface area contributed by atoms with Crippen LogP contribution in [-0.4, -0.2) is 22.0 Å². The van der Waals surface area contributed by atoms with Gasteiger partial charge in [0, 0.05) is 12.7 Å². The van der Waals surface area contributed by atoms with E-state index in [0.29, 0.717) is 18.3 Å². The van der Waals surface area contributed by atoms with E-state index in [9.17, 15) is 4.79 Å². The largest absolute Gasteiger partial charge is 0.490 e. The predicted molar refractivity (Wildman–Crippen MR) is 91.9 cm³/mol. The maximum absolute atomic E-state index is 12.1. The van der Waals surface area contributed by atoms with Crippen molar-refractivity contribution in [3.63, 3.8) is 0 Å². The van der Waals surface area contributed by atoms with Gasteiger partial charge in [0.05, 0.1) is 18.0 Å². The molecule has 1 aromatic heterocycles. The van der Waals surface area contributed by atoms with Gasteiger partial charge in [0.15, 0.2) is 0 Å². The third kappa shape index (κ3) is 4.54. The van der Waals surface area contributed by atoms with Crippen LogP contribution in [0.2, 0.25) is 0 Å². The average Bonchev–Trinajstić information content (AvgIpc) is 2.61. The summed E-state index contributed by atoms with van der Waals surface area (Å²) >= 11 is 0. The van der Waals surface area contributed by atoms with E-state index in [1.54, 1.807) is 6.20 Å². The molecule has 1 saturated carbocycles. The topological polar surface area (TPSA) is 64.1 Å². The Balaban J connectivity index is 1.56. The number of hydrogen-bond donors (Lipinski definition) is 1. The fourth-order valence-corrected chi connectivity index (χ4v) is 2.89. The lowest BCUT2D eigenvalue weighted by Crippen LogP contribution is -2.24. The summed E-state index contributed by atoms with van der Waals surface area (Å²) in [4.78, 5) is 20.3. The van der Waals surface area contributed by atoms with Gasteiger partial charge in [-0.3, -0.25) is 9.78 Å². The van der Waals surface area contributed by atoms with Crippen LogP contribution in [0.4, 0.5) is 0 Å². The molecule has 1 heterocycles. The number of rotatable bonds is 5. The first-order valence-electron chi connectivity index (χ1n) is 8.53. The van der Waals surface area contributed by atoms with E-state index in [1.807, 2.05) is 31.2 Å². The third-order valence-corrected chi connectivity index (χ3v) is 4.22.